The maximum absolute atomic E-state index is 13.1. The standard InChI is InChI=1S/C33H38F3NO4/c1-4-6-7-8-9-29(24-10-12-26(13-11-24)32(40)37-19-18-30(38)39)41-28-20-22(3)31(23(5-2)21-28)25-14-16-27(17-15-25)33(34,35)36/h10-17,20-21,29H,4-9,18-19H2,1-3H3,(H,37,40)(H,38,39). The number of carbonyl (C=O) groups excluding carboxylic acids is 1. The lowest BCUT2D eigenvalue weighted by Crippen LogP contribution is -2.26. The zero-order valence-corrected chi connectivity index (χ0v) is 23.8. The van der Waals surface area contributed by atoms with Gasteiger partial charge in [-0.3, -0.25) is 9.59 Å². The number of carbonyl (C=O) groups is 2. The first-order valence-corrected chi connectivity index (χ1v) is 14.1. The Morgan fingerprint density at radius 2 is 1.63 bits per heavy atom. The van der Waals surface area contributed by atoms with Crippen molar-refractivity contribution in [3.05, 3.63) is 88.5 Å². The number of amides is 1. The number of hydrogen-bond acceptors (Lipinski definition) is 3. The summed E-state index contributed by atoms with van der Waals surface area (Å²) in [6, 6.07) is 16.3. The summed E-state index contributed by atoms with van der Waals surface area (Å²) >= 11 is 0. The number of halogens is 3. The van der Waals surface area contributed by atoms with Crippen LogP contribution in [0.1, 0.15) is 91.1 Å². The summed E-state index contributed by atoms with van der Waals surface area (Å²) in [5, 5.41) is 11.4. The number of carboxylic acids is 1. The van der Waals surface area contributed by atoms with Crippen molar-refractivity contribution in [2.45, 2.75) is 78.0 Å². The number of carboxylic acid groups (broad SMARTS) is 1. The molecule has 0 aromatic heterocycles. The van der Waals surface area contributed by atoms with E-state index in [1.54, 1.807) is 12.1 Å². The molecule has 3 aromatic carbocycles. The van der Waals surface area contributed by atoms with Crippen LogP contribution in [-0.4, -0.2) is 23.5 Å². The van der Waals surface area contributed by atoms with E-state index >= 15 is 0 Å². The van der Waals surface area contributed by atoms with Crippen molar-refractivity contribution >= 4 is 11.9 Å². The second kappa shape index (κ2) is 14.7. The summed E-state index contributed by atoms with van der Waals surface area (Å²) in [5.74, 6) is -0.621. The van der Waals surface area contributed by atoms with Crippen LogP contribution < -0.4 is 10.1 Å². The third kappa shape index (κ3) is 9.10. The summed E-state index contributed by atoms with van der Waals surface area (Å²) in [6.07, 6.45) is 0.974. The lowest BCUT2D eigenvalue weighted by atomic mass is 9.92. The van der Waals surface area contributed by atoms with Gasteiger partial charge in [-0.1, -0.05) is 57.4 Å². The first kappa shape index (κ1) is 31.7. The van der Waals surface area contributed by atoms with E-state index in [1.807, 2.05) is 38.1 Å². The van der Waals surface area contributed by atoms with Crippen molar-refractivity contribution in [1.29, 1.82) is 0 Å². The first-order chi connectivity index (χ1) is 19.5. The zero-order valence-electron chi connectivity index (χ0n) is 23.8. The van der Waals surface area contributed by atoms with Crippen LogP contribution in [0.3, 0.4) is 0 Å². The number of aryl methyl sites for hydroxylation is 2. The van der Waals surface area contributed by atoms with Gasteiger partial charge in [0.25, 0.3) is 5.91 Å². The van der Waals surface area contributed by atoms with E-state index in [2.05, 4.69) is 12.2 Å². The molecule has 0 saturated heterocycles. The van der Waals surface area contributed by atoms with Crippen LogP contribution in [0.5, 0.6) is 5.75 Å². The van der Waals surface area contributed by atoms with Gasteiger partial charge in [0.2, 0.25) is 0 Å². The Balaban J connectivity index is 1.84. The third-order valence-corrected chi connectivity index (χ3v) is 7.04. The third-order valence-electron chi connectivity index (χ3n) is 7.04. The van der Waals surface area contributed by atoms with Crippen LogP contribution in [0.2, 0.25) is 0 Å². The van der Waals surface area contributed by atoms with Gasteiger partial charge < -0.3 is 15.2 Å². The monoisotopic (exact) mass is 569 g/mol. The largest absolute Gasteiger partial charge is 0.486 e. The van der Waals surface area contributed by atoms with E-state index in [9.17, 15) is 22.8 Å². The summed E-state index contributed by atoms with van der Waals surface area (Å²) in [5.41, 5.74) is 4.22. The molecule has 3 rings (SSSR count). The molecule has 220 valence electrons. The quantitative estimate of drug-likeness (QED) is 0.191. The van der Waals surface area contributed by atoms with Gasteiger partial charge in [-0.15, -0.1) is 0 Å². The van der Waals surface area contributed by atoms with Gasteiger partial charge in [-0.2, -0.15) is 13.2 Å². The first-order valence-electron chi connectivity index (χ1n) is 14.1. The molecule has 1 amide bonds. The molecule has 0 aliphatic carbocycles. The fourth-order valence-corrected chi connectivity index (χ4v) is 4.86. The molecule has 3 aromatic rings. The van der Waals surface area contributed by atoms with Gasteiger partial charge in [-0.25, -0.2) is 0 Å². The highest BCUT2D eigenvalue weighted by Crippen LogP contribution is 2.36. The Morgan fingerprint density at radius 1 is 0.951 bits per heavy atom. The maximum Gasteiger partial charge on any atom is 0.416 e. The Morgan fingerprint density at radius 3 is 2.22 bits per heavy atom. The van der Waals surface area contributed by atoms with Crippen molar-refractivity contribution in [1.82, 2.24) is 5.32 Å². The molecule has 0 aliphatic heterocycles. The minimum Gasteiger partial charge on any atom is -0.486 e. The van der Waals surface area contributed by atoms with E-state index in [0.29, 0.717) is 17.7 Å². The van der Waals surface area contributed by atoms with E-state index < -0.39 is 17.7 Å². The molecule has 1 unspecified atom stereocenters. The number of unbranched alkanes of at least 4 members (excludes halogenated alkanes) is 3. The number of hydrogen-bond donors (Lipinski definition) is 2. The minimum absolute atomic E-state index is 0.0562. The molecule has 0 aliphatic rings. The van der Waals surface area contributed by atoms with E-state index in [4.69, 9.17) is 9.84 Å². The van der Waals surface area contributed by atoms with Gasteiger partial charge in [0, 0.05) is 12.1 Å². The Hall–Kier alpha value is -3.81. The molecule has 1 atom stereocenters. The molecular weight excluding hydrogens is 531 g/mol. The fraction of sp³-hybridized carbons (Fsp3) is 0.394. The second-order valence-corrected chi connectivity index (χ2v) is 10.2. The second-order valence-electron chi connectivity index (χ2n) is 10.2. The molecule has 5 nitrogen and oxygen atoms in total. The number of aliphatic carboxylic acids is 1. The van der Waals surface area contributed by atoms with E-state index in [0.717, 1.165) is 72.1 Å². The Kier molecular flexibility index (Phi) is 11.4. The maximum atomic E-state index is 13.1. The van der Waals surface area contributed by atoms with E-state index in [-0.39, 0.29) is 25.0 Å². The van der Waals surface area contributed by atoms with Crippen LogP contribution in [0, 0.1) is 6.92 Å². The summed E-state index contributed by atoms with van der Waals surface area (Å²) in [4.78, 5) is 23.1. The summed E-state index contributed by atoms with van der Waals surface area (Å²) in [7, 11) is 0. The average molecular weight is 570 g/mol. The number of ether oxygens (including phenoxy) is 1. The van der Waals surface area contributed by atoms with Gasteiger partial charge in [0.05, 0.1) is 12.0 Å². The SMILES string of the molecule is CCCCCCC(Oc1cc(C)c(-c2ccc(C(F)(F)F)cc2)c(CC)c1)c1ccc(C(=O)NCCC(=O)O)cc1. The Bertz CT molecular complexity index is 1300. The van der Waals surface area contributed by atoms with Crippen LogP contribution in [0.25, 0.3) is 11.1 Å². The van der Waals surface area contributed by atoms with Crippen molar-refractivity contribution in [2.24, 2.45) is 0 Å². The lowest BCUT2D eigenvalue weighted by molar-refractivity contribution is -0.138. The van der Waals surface area contributed by atoms with Crippen LogP contribution >= 0.6 is 0 Å². The molecule has 0 saturated carbocycles. The molecule has 0 spiro atoms. The van der Waals surface area contributed by atoms with Crippen LogP contribution in [-0.2, 0) is 17.4 Å². The molecule has 0 bridgehead atoms. The highest BCUT2D eigenvalue weighted by molar-refractivity contribution is 5.94. The summed E-state index contributed by atoms with van der Waals surface area (Å²) in [6.45, 7) is 6.16. The average Bonchev–Trinajstić information content (AvgIpc) is 2.93. The van der Waals surface area contributed by atoms with Gasteiger partial charge >= 0.3 is 12.1 Å². The molecule has 0 heterocycles. The molecular formula is C33H38F3NO4. The molecule has 41 heavy (non-hydrogen) atoms. The number of alkyl halides is 3. The van der Waals surface area contributed by atoms with Gasteiger partial charge in [-0.05, 0) is 90.4 Å². The van der Waals surface area contributed by atoms with Crippen molar-refractivity contribution in [3.63, 3.8) is 0 Å². The molecule has 0 radical (unpaired) electrons. The fourth-order valence-electron chi connectivity index (χ4n) is 4.86. The molecule has 0 fully saturated rings. The number of rotatable bonds is 14. The van der Waals surface area contributed by atoms with Crippen molar-refractivity contribution in [2.75, 3.05) is 6.54 Å². The molecule has 2 N–H and O–H groups in total. The summed E-state index contributed by atoms with van der Waals surface area (Å²) < 4.78 is 45.8. The smallest absolute Gasteiger partial charge is 0.416 e. The normalized spacial score (nSPS) is 12.1. The topological polar surface area (TPSA) is 75.6 Å². The van der Waals surface area contributed by atoms with Gasteiger partial charge in [0.15, 0.2) is 0 Å². The predicted molar refractivity (Wildman–Crippen MR) is 154 cm³/mol. The van der Waals surface area contributed by atoms with Crippen molar-refractivity contribution < 1.29 is 32.6 Å². The van der Waals surface area contributed by atoms with Crippen LogP contribution in [0.15, 0.2) is 60.7 Å². The molecule has 8 heteroatoms. The van der Waals surface area contributed by atoms with Crippen molar-refractivity contribution in [3.8, 4) is 16.9 Å². The zero-order chi connectivity index (χ0) is 30.0. The highest BCUT2D eigenvalue weighted by Gasteiger charge is 2.30. The van der Waals surface area contributed by atoms with E-state index in [1.165, 1.54) is 12.1 Å². The minimum atomic E-state index is -4.38. The number of benzene rings is 3. The van der Waals surface area contributed by atoms with Gasteiger partial charge in [0.1, 0.15) is 11.9 Å². The predicted octanol–water partition coefficient (Wildman–Crippen LogP) is 8.54. The highest BCUT2D eigenvalue weighted by atomic mass is 19.4. The Labute approximate surface area is 239 Å². The number of nitrogens with one attached hydrogen (secondary N) is 1. The van der Waals surface area contributed by atoms with Crippen LogP contribution in [0.4, 0.5) is 13.2 Å². The lowest BCUT2D eigenvalue weighted by Gasteiger charge is -2.22.